The molecule has 8 aromatic carbocycles. The summed E-state index contributed by atoms with van der Waals surface area (Å²) in [5.74, 6) is 0. The van der Waals surface area contributed by atoms with Crippen LogP contribution < -0.4 is 18.3 Å². The second-order valence-electron chi connectivity index (χ2n) is 22.6. The highest BCUT2D eigenvalue weighted by molar-refractivity contribution is 5.75. The SMILES string of the molecule is C.C.C.C.Cc1c[n+](C)c(-c2ccccc2C)cc1-c1ccccc1.Cc1ccc(-c2cc(C)c(-c3ccccc3)c[n+]2C)c(C)c1.[2H]C([2H])([2H])c1c[n+](C)c(-c2ccccc2C)cc1-c1ccccc1.[2H]C([2H])([2H])c1ccc(-c2cc(C)c(-c3ccccc3)c[n+]2C)c(C)c1. The Hall–Kier alpha value is -9.64. The van der Waals surface area contributed by atoms with E-state index in [1.165, 1.54) is 89.3 Å². The average molecular weight is 1200 g/mol. The van der Waals surface area contributed by atoms with E-state index >= 15 is 0 Å². The van der Waals surface area contributed by atoms with Crippen LogP contribution in [0.3, 0.4) is 0 Å². The lowest BCUT2D eigenvalue weighted by atomic mass is 9.97. The highest BCUT2D eigenvalue weighted by Gasteiger charge is 2.21. The van der Waals surface area contributed by atoms with Crippen LogP contribution >= 0.6 is 0 Å². The summed E-state index contributed by atoms with van der Waals surface area (Å²) in [4.78, 5) is 0. The topological polar surface area (TPSA) is 15.5 Å². The summed E-state index contributed by atoms with van der Waals surface area (Å²) in [5, 5.41) is 0. The number of hydrogen-bond donors (Lipinski definition) is 0. The quantitative estimate of drug-likeness (QED) is 0.135. The molecule has 0 spiro atoms. The van der Waals surface area contributed by atoms with Gasteiger partial charge in [0, 0.05) is 77.0 Å². The van der Waals surface area contributed by atoms with E-state index in [0.29, 0.717) is 11.1 Å². The number of benzene rings is 8. The molecule has 0 saturated carbocycles. The number of aryl methyl sites for hydroxylation is 14. The first-order chi connectivity index (χ1) is 43.9. The highest BCUT2D eigenvalue weighted by Crippen LogP contribution is 2.32. The standard InChI is InChI=1S/2C21H22N.2C20H20N.4CH4/c2*1-15-10-11-19(16(2)12-15)21-13-17(3)20(14-22(21)4)18-8-6-5-7-9-18;2*1-15-9-7-8-12-18(15)20-13-19(16(2)14-21(20)3)17-10-5-4-6-11-17;;;;/h2*5-14H,1-4H3;2*4-14H,1-3H3;4*1H4/q4*+1;;;;/i1D3;;2D3;;;;;. The van der Waals surface area contributed by atoms with Crippen LogP contribution in [0.2, 0.25) is 0 Å². The van der Waals surface area contributed by atoms with E-state index in [2.05, 4.69) is 240 Å². The summed E-state index contributed by atoms with van der Waals surface area (Å²) in [7, 11) is 8.16. The van der Waals surface area contributed by atoms with Crippen molar-refractivity contribution in [2.75, 3.05) is 0 Å². The number of aromatic nitrogens is 4. The van der Waals surface area contributed by atoms with Gasteiger partial charge in [-0.25, -0.2) is 18.3 Å². The summed E-state index contributed by atoms with van der Waals surface area (Å²) in [6.07, 6.45) is 8.32. The molecular formula is C86H100N4+4. The van der Waals surface area contributed by atoms with Crippen molar-refractivity contribution >= 4 is 0 Å². The lowest BCUT2D eigenvalue weighted by Crippen LogP contribution is -2.31. The number of nitrogens with zero attached hydrogens (tertiary/aromatic N) is 4. The third-order valence-electron chi connectivity index (χ3n) is 16.1. The van der Waals surface area contributed by atoms with Gasteiger partial charge in [0.2, 0.25) is 22.8 Å². The van der Waals surface area contributed by atoms with Crippen molar-refractivity contribution in [3.63, 3.8) is 0 Å². The van der Waals surface area contributed by atoms with Gasteiger partial charge >= 0.3 is 0 Å². The molecule has 0 N–H and O–H groups in total. The van der Waals surface area contributed by atoms with Gasteiger partial charge in [0.1, 0.15) is 28.2 Å². The van der Waals surface area contributed by atoms with Crippen LogP contribution in [-0.4, -0.2) is 0 Å². The second kappa shape index (κ2) is 32.5. The minimum Gasteiger partial charge on any atom is -0.201 e. The molecule has 0 aliphatic rings. The van der Waals surface area contributed by atoms with Crippen LogP contribution in [0.25, 0.3) is 89.5 Å². The Morgan fingerprint density at radius 2 is 0.511 bits per heavy atom. The van der Waals surface area contributed by atoms with Gasteiger partial charge in [-0.2, -0.15) is 0 Å². The van der Waals surface area contributed by atoms with E-state index in [4.69, 9.17) is 8.22 Å². The normalized spacial score (nSPS) is 11.5. The van der Waals surface area contributed by atoms with E-state index in [1.807, 2.05) is 98.4 Å². The number of pyridine rings is 4. The first kappa shape index (κ1) is 62.0. The average Bonchev–Trinajstić information content (AvgIpc) is 0.801. The lowest BCUT2D eigenvalue weighted by molar-refractivity contribution is -0.660. The Balaban J connectivity index is 0.000000229. The monoisotopic (exact) mass is 1190 g/mol. The molecule has 0 unspecified atom stereocenters. The predicted octanol–water partition coefficient (Wildman–Crippen LogP) is 21.0. The minimum absolute atomic E-state index is 0. The van der Waals surface area contributed by atoms with Crippen LogP contribution in [-0.2, 0) is 28.2 Å². The summed E-state index contributed by atoms with van der Waals surface area (Å²) in [5.41, 5.74) is 29.1. The minimum atomic E-state index is -2.16. The third kappa shape index (κ3) is 16.9. The van der Waals surface area contributed by atoms with Crippen LogP contribution in [0.15, 0.2) is 255 Å². The maximum Gasteiger partial charge on any atom is 0.213 e. The van der Waals surface area contributed by atoms with Gasteiger partial charge < -0.3 is 0 Å². The van der Waals surface area contributed by atoms with Gasteiger partial charge in [-0.15, -0.1) is 0 Å². The number of rotatable bonds is 8. The second-order valence-corrected chi connectivity index (χ2v) is 22.6. The first-order valence-electron chi connectivity index (χ1n) is 32.5. The maximum absolute atomic E-state index is 7.90. The van der Waals surface area contributed by atoms with Crippen molar-refractivity contribution < 1.29 is 26.5 Å². The van der Waals surface area contributed by atoms with Gasteiger partial charge in [0.15, 0.2) is 24.8 Å². The van der Waals surface area contributed by atoms with Crippen molar-refractivity contribution in [1.29, 1.82) is 0 Å². The van der Waals surface area contributed by atoms with Crippen molar-refractivity contribution in [3.05, 3.63) is 311 Å². The molecule has 460 valence electrons. The molecule has 0 radical (unpaired) electrons. The molecule has 12 aromatic rings. The van der Waals surface area contributed by atoms with E-state index < -0.39 is 13.7 Å². The molecule has 0 atom stereocenters. The molecule has 12 rings (SSSR count). The van der Waals surface area contributed by atoms with Gasteiger partial charge in [0.25, 0.3) is 0 Å². The zero-order valence-corrected chi connectivity index (χ0v) is 52.0. The van der Waals surface area contributed by atoms with Crippen molar-refractivity contribution in [3.8, 4) is 89.5 Å². The molecule has 0 aliphatic heterocycles. The molecule has 0 fully saturated rings. The van der Waals surface area contributed by atoms with Crippen LogP contribution in [0.1, 0.15) is 93.6 Å². The van der Waals surface area contributed by atoms with Crippen LogP contribution in [0, 0.1) is 69.1 Å². The van der Waals surface area contributed by atoms with Gasteiger partial charge in [-0.05, 0) is 160 Å². The molecule has 4 aromatic heterocycles. The van der Waals surface area contributed by atoms with Gasteiger partial charge in [-0.3, -0.25) is 0 Å². The fourth-order valence-electron chi connectivity index (χ4n) is 11.4. The molecule has 0 aliphatic carbocycles. The highest BCUT2D eigenvalue weighted by atomic mass is 14.9. The van der Waals surface area contributed by atoms with E-state index in [0.717, 1.165) is 44.8 Å². The summed E-state index contributed by atoms with van der Waals surface area (Å²) < 4.78 is 54.9. The first-order valence-corrected chi connectivity index (χ1v) is 29.5. The fourth-order valence-corrected chi connectivity index (χ4v) is 11.4. The predicted molar refractivity (Wildman–Crippen MR) is 388 cm³/mol. The maximum atomic E-state index is 7.90. The Morgan fingerprint density at radius 3 is 0.878 bits per heavy atom. The van der Waals surface area contributed by atoms with Crippen LogP contribution in [0.4, 0.5) is 0 Å². The molecule has 4 heterocycles. The molecule has 4 heteroatoms. The molecule has 0 bridgehead atoms. The Kier molecular flexibility index (Phi) is 22.4. The molecule has 0 amide bonds. The Labute approximate surface area is 551 Å². The smallest absolute Gasteiger partial charge is 0.201 e. The zero-order valence-electron chi connectivity index (χ0n) is 58.0. The van der Waals surface area contributed by atoms with Gasteiger partial charge in [0.05, 0.1) is 0 Å². The summed E-state index contributed by atoms with van der Waals surface area (Å²) in [6.45, 7) is 12.8. The van der Waals surface area contributed by atoms with Crippen LogP contribution in [0.5, 0.6) is 0 Å². The number of hydrogen-bond acceptors (Lipinski definition) is 0. The third-order valence-corrected chi connectivity index (χ3v) is 16.1. The molecule has 0 saturated heterocycles. The van der Waals surface area contributed by atoms with E-state index in [1.54, 1.807) is 18.3 Å². The Morgan fingerprint density at radius 1 is 0.222 bits per heavy atom. The van der Waals surface area contributed by atoms with Crippen molar-refractivity contribution in [2.24, 2.45) is 28.2 Å². The summed E-state index contributed by atoms with van der Waals surface area (Å²) in [6, 6.07) is 78.6. The van der Waals surface area contributed by atoms with E-state index in [-0.39, 0.29) is 29.7 Å². The molecule has 4 nitrogen and oxygen atoms in total. The van der Waals surface area contributed by atoms with Crippen molar-refractivity contribution in [1.82, 2.24) is 0 Å². The zero-order chi connectivity index (χ0) is 66.0. The lowest BCUT2D eigenvalue weighted by Gasteiger charge is -2.10. The fraction of sp³-hybridized carbons (Fsp3) is 0.209. The molecule has 90 heavy (non-hydrogen) atoms. The molecular weight excluding hydrogens is 1090 g/mol. The van der Waals surface area contributed by atoms with E-state index in [9.17, 15) is 0 Å². The van der Waals surface area contributed by atoms with Gasteiger partial charge in [-0.1, -0.05) is 223 Å². The summed E-state index contributed by atoms with van der Waals surface area (Å²) >= 11 is 0. The largest absolute Gasteiger partial charge is 0.213 e. The van der Waals surface area contributed by atoms with Crippen molar-refractivity contribution in [2.45, 2.75) is 98.8 Å². The Bertz CT molecular complexity index is 4540.